The number of rotatable bonds is 6. The zero-order valence-corrected chi connectivity index (χ0v) is 12.9. The monoisotopic (exact) mass is 313 g/mol. The van der Waals surface area contributed by atoms with Gasteiger partial charge in [-0.05, 0) is 18.2 Å². The lowest BCUT2D eigenvalue weighted by atomic mass is 10.1. The van der Waals surface area contributed by atoms with Crippen LogP contribution in [0.5, 0.6) is 5.75 Å². The smallest absolute Gasteiger partial charge is 0.311 e. The number of primary amides is 1. The molecule has 0 spiro atoms. The summed E-state index contributed by atoms with van der Waals surface area (Å²) in [6.07, 6.45) is 2.23. The van der Waals surface area contributed by atoms with Gasteiger partial charge < -0.3 is 15.4 Å². The summed E-state index contributed by atoms with van der Waals surface area (Å²) in [7, 11) is 1.56. The van der Waals surface area contributed by atoms with Gasteiger partial charge in [-0.15, -0.1) is 0 Å². The molecule has 1 aromatic carbocycles. The molecule has 0 fully saturated rings. The molecule has 6 heteroatoms. The van der Waals surface area contributed by atoms with E-state index in [0.29, 0.717) is 18.7 Å². The third-order valence-corrected chi connectivity index (χ3v) is 3.42. The van der Waals surface area contributed by atoms with Crippen LogP contribution in [0, 0.1) is 0 Å². The number of pyridine rings is 1. The molecule has 23 heavy (non-hydrogen) atoms. The van der Waals surface area contributed by atoms with E-state index in [1.165, 1.54) is 4.90 Å². The van der Waals surface area contributed by atoms with Crippen molar-refractivity contribution in [1.29, 1.82) is 0 Å². The molecule has 120 valence electrons. The lowest BCUT2D eigenvalue weighted by Gasteiger charge is -2.22. The Labute approximate surface area is 134 Å². The molecule has 0 bridgehead atoms. The normalized spacial score (nSPS) is 10.1. The van der Waals surface area contributed by atoms with Gasteiger partial charge in [0, 0.05) is 37.0 Å². The quantitative estimate of drug-likeness (QED) is 0.811. The molecule has 1 heterocycles. The van der Waals surface area contributed by atoms with Gasteiger partial charge in [-0.25, -0.2) is 0 Å². The van der Waals surface area contributed by atoms with Crippen molar-refractivity contribution in [3.05, 3.63) is 59.9 Å². The van der Waals surface area contributed by atoms with Crippen LogP contribution in [-0.4, -0.2) is 35.4 Å². The third kappa shape index (κ3) is 4.54. The second-order valence-electron chi connectivity index (χ2n) is 4.97. The van der Waals surface area contributed by atoms with Crippen molar-refractivity contribution in [1.82, 2.24) is 9.88 Å². The van der Waals surface area contributed by atoms with E-state index in [4.69, 9.17) is 10.5 Å². The molecule has 1 aromatic heterocycles. The van der Waals surface area contributed by atoms with E-state index in [-0.39, 0.29) is 6.54 Å². The van der Waals surface area contributed by atoms with E-state index < -0.39 is 11.8 Å². The molecule has 2 amide bonds. The minimum absolute atomic E-state index is 0.249. The van der Waals surface area contributed by atoms with Gasteiger partial charge in [-0.1, -0.05) is 24.3 Å². The predicted molar refractivity (Wildman–Crippen MR) is 85.5 cm³/mol. The first kappa shape index (κ1) is 16.5. The first-order valence-corrected chi connectivity index (χ1v) is 7.22. The molecule has 0 saturated carbocycles. The van der Waals surface area contributed by atoms with Crippen LogP contribution in [0.15, 0.2) is 48.7 Å². The maximum absolute atomic E-state index is 12.1. The minimum Gasteiger partial charge on any atom is -0.496 e. The number of ether oxygens (including phenoxy) is 1. The Kier molecular flexibility index (Phi) is 5.68. The largest absolute Gasteiger partial charge is 0.496 e. The van der Waals surface area contributed by atoms with Crippen molar-refractivity contribution in [2.24, 2.45) is 5.73 Å². The Hall–Kier alpha value is -2.89. The van der Waals surface area contributed by atoms with Gasteiger partial charge in [0.15, 0.2) is 0 Å². The lowest BCUT2D eigenvalue weighted by molar-refractivity contribution is -0.144. The molecule has 2 rings (SSSR count). The van der Waals surface area contributed by atoms with E-state index in [1.54, 1.807) is 19.4 Å². The molecule has 0 radical (unpaired) electrons. The highest BCUT2D eigenvalue weighted by molar-refractivity contribution is 6.34. The SMILES string of the molecule is COc1ccccc1CN(CCc1ccccn1)C(=O)C(N)=O. The van der Waals surface area contributed by atoms with Gasteiger partial charge in [0.05, 0.1) is 7.11 Å². The molecule has 0 aliphatic rings. The second kappa shape index (κ2) is 7.93. The Morgan fingerprint density at radius 1 is 1.17 bits per heavy atom. The van der Waals surface area contributed by atoms with E-state index in [2.05, 4.69) is 4.98 Å². The Bertz CT molecular complexity index is 674. The summed E-state index contributed by atoms with van der Waals surface area (Å²) >= 11 is 0. The molecular weight excluding hydrogens is 294 g/mol. The molecule has 6 nitrogen and oxygen atoms in total. The van der Waals surface area contributed by atoms with Crippen molar-refractivity contribution < 1.29 is 14.3 Å². The number of methoxy groups -OCH3 is 1. The topological polar surface area (TPSA) is 85.5 Å². The second-order valence-corrected chi connectivity index (χ2v) is 4.97. The van der Waals surface area contributed by atoms with Crippen LogP contribution in [0.3, 0.4) is 0 Å². The molecule has 0 saturated heterocycles. The van der Waals surface area contributed by atoms with E-state index in [9.17, 15) is 9.59 Å². The van der Waals surface area contributed by atoms with Gasteiger partial charge in [-0.3, -0.25) is 14.6 Å². The number of nitrogens with two attached hydrogens (primary N) is 1. The van der Waals surface area contributed by atoms with E-state index in [1.807, 2.05) is 36.4 Å². The van der Waals surface area contributed by atoms with Crippen LogP contribution in [0.1, 0.15) is 11.3 Å². The predicted octanol–water partition coefficient (Wildman–Crippen LogP) is 1.15. The Morgan fingerprint density at radius 2 is 1.91 bits per heavy atom. The summed E-state index contributed by atoms with van der Waals surface area (Å²) in [5.74, 6) is -1.03. The summed E-state index contributed by atoms with van der Waals surface area (Å²) in [6, 6.07) is 12.9. The molecule has 2 aromatic rings. The maximum Gasteiger partial charge on any atom is 0.311 e. The lowest BCUT2D eigenvalue weighted by Crippen LogP contribution is -2.41. The van der Waals surface area contributed by atoms with Gasteiger partial charge in [0.1, 0.15) is 5.75 Å². The van der Waals surface area contributed by atoms with Crippen LogP contribution in [0.4, 0.5) is 0 Å². The molecule has 0 atom stereocenters. The Balaban J connectivity index is 2.14. The maximum atomic E-state index is 12.1. The van der Waals surface area contributed by atoms with Crippen LogP contribution in [0.25, 0.3) is 0 Å². The van der Waals surface area contributed by atoms with Crippen molar-refractivity contribution in [3.63, 3.8) is 0 Å². The standard InChI is InChI=1S/C17H19N3O3/c1-23-15-8-3-2-6-13(15)12-20(17(22)16(18)21)11-9-14-7-4-5-10-19-14/h2-8,10H,9,11-12H2,1H3,(H2,18,21). The molecule has 2 N–H and O–H groups in total. The summed E-state index contributed by atoms with van der Waals surface area (Å²) in [5.41, 5.74) is 6.81. The highest BCUT2D eigenvalue weighted by Crippen LogP contribution is 2.19. The highest BCUT2D eigenvalue weighted by Gasteiger charge is 2.20. The number of hydrogen-bond donors (Lipinski definition) is 1. The highest BCUT2D eigenvalue weighted by atomic mass is 16.5. The molecule has 0 aliphatic carbocycles. The number of carbonyl (C=O) groups is 2. The van der Waals surface area contributed by atoms with Crippen molar-refractivity contribution >= 4 is 11.8 Å². The molecular formula is C17H19N3O3. The zero-order valence-electron chi connectivity index (χ0n) is 12.9. The number of para-hydroxylation sites is 1. The molecule has 0 aliphatic heterocycles. The van der Waals surface area contributed by atoms with Crippen LogP contribution >= 0.6 is 0 Å². The summed E-state index contributed by atoms with van der Waals surface area (Å²) in [6.45, 7) is 0.593. The van der Waals surface area contributed by atoms with Crippen LogP contribution < -0.4 is 10.5 Å². The van der Waals surface area contributed by atoms with Crippen molar-refractivity contribution in [2.75, 3.05) is 13.7 Å². The number of benzene rings is 1. The average Bonchev–Trinajstić information content (AvgIpc) is 2.59. The number of hydrogen-bond acceptors (Lipinski definition) is 4. The van der Waals surface area contributed by atoms with Gasteiger partial charge >= 0.3 is 11.8 Å². The van der Waals surface area contributed by atoms with Crippen LogP contribution in [-0.2, 0) is 22.6 Å². The van der Waals surface area contributed by atoms with Crippen molar-refractivity contribution in [2.45, 2.75) is 13.0 Å². The Morgan fingerprint density at radius 3 is 2.57 bits per heavy atom. The summed E-state index contributed by atoms with van der Waals surface area (Å²) < 4.78 is 5.28. The fraction of sp³-hybridized carbons (Fsp3) is 0.235. The van der Waals surface area contributed by atoms with E-state index in [0.717, 1.165) is 11.3 Å². The summed E-state index contributed by atoms with van der Waals surface area (Å²) in [4.78, 5) is 29.0. The number of amides is 2. The fourth-order valence-corrected chi connectivity index (χ4v) is 2.24. The number of carbonyl (C=O) groups excluding carboxylic acids is 2. The molecule has 0 unspecified atom stereocenters. The van der Waals surface area contributed by atoms with E-state index >= 15 is 0 Å². The number of nitrogens with zero attached hydrogens (tertiary/aromatic N) is 2. The van der Waals surface area contributed by atoms with Crippen molar-refractivity contribution in [3.8, 4) is 5.75 Å². The van der Waals surface area contributed by atoms with Gasteiger partial charge in [-0.2, -0.15) is 0 Å². The number of aromatic nitrogens is 1. The van der Waals surface area contributed by atoms with Gasteiger partial charge in [0.25, 0.3) is 0 Å². The fourth-order valence-electron chi connectivity index (χ4n) is 2.24. The van der Waals surface area contributed by atoms with Crippen LogP contribution in [0.2, 0.25) is 0 Å². The third-order valence-electron chi connectivity index (χ3n) is 3.42. The minimum atomic E-state index is -0.971. The zero-order chi connectivity index (χ0) is 16.7. The van der Waals surface area contributed by atoms with Gasteiger partial charge in [0.2, 0.25) is 0 Å². The first-order valence-electron chi connectivity index (χ1n) is 7.22. The average molecular weight is 313 g/mol. The first-order chi connectivity index (χ1) is 11.1. The summed E-state index contributed by atoms with van der Waals surface area (Å²) in [5, 5.41) is 0.